The predicted octanol–water partition coefficient (Wildman–Crippen LogP) is 2.51. The maximum atomic E-state index is 12.9. The summed E-state index contributed by atoms with van der Waals surface area (Å²) in [6.07, 6.45) is 5.92. The minimum Gasteiger partial charge on any atom is -0.361 e. The zero-order chi connectivity index (χ0) is 20.3. The number of hydrogen-bond acceptors (Lipinski definition) is 5. The van der Waals surface area contributed by atoms with Crippen LogP contribution >= 0.6 is 0 Å². The van der Waals surface area contributed by atoms with Crippen LogP contribution in [0.25, 0.3) is 0 Å². The molecule has 28 heavy (non-hydrogen) atoms. The summed E-state index contributed by atoms with van der Waals surface area (Å²) in [4.78, 5) is 30.9. The van der Waals surface area contributed by atoms with Gasteiger partial charge in [0.25, 0.3) is 0 Å². The number of amides is 2. The summed E-state index contributed by atoms with van der Waals surface area (Å²) in [6, 6.07) is 0. The van der Waals surface area contributed by atoms with Crippen molar-refractivity contribution in [1.82, 2.24) is 19.9 Å². The van der Waals surface area contributed by atoms with E-state index in [4.69, 9.17) is 4.52 Å². The summed E-state index contributed by atoms with van der Waals surface area (Å²) in [6.45, 7) is 7.68. The van der Waals surface area contributed by atoms with Crippen LogP contribution in [0.5, 0.6) is 0 Å². The molecule has 2 aliphatic heterocycles. The van der Waals surface area contributed by atoms with Gasteiger partial charge in [0.15, 0.2) is 0 Å². The van der Waals surface area contributed by atoms with Gasteiger partial charge in [0.2, 0.25) is 11.8 Å². The fraction of sp³-hybridized carbons (Fsp3) is 0.762. The van der Waals surface area contributed by atoms with Crippen molar-refractivity contribution in [3.63, 3.8) is 0 Å². The van der Waals surface area contributed by atoms with Crippen LogP contribution in [0.1, 0.15) is 62.0 Å². The number of likely N-dealkylation sites (tertiary alicyclic amines) is 2. The van der Waals surface area contributed by atoms with E-state index in [1.165, 1.54) is 5.56 Å². The Morgan fingerprint density at radius 1 is 1.07 bits per heavy atom. The van der Waals surface area contributed by atoms with E-state index in [0.717, 1.165) is 69.7 Å². The van der Waals surface area contributed by atoms with E-state index in [1.807, 2.05) is 13.8 Å². The van der Waals surface area contributed by atoms with Crippen LogP contribution in [0, 0.1) is 13.8 Å². The molecule has 1 spiro atoms. The van der Waals surface area contributed by atoms with Gasteiger partial charge in [0, 0.05) is 57.7 Å². The van der Waals surface area contributed by atoms with E-state index in [2.05, 4.69) is 15.0 Å². The lowest BCUT2D eigenvalue weighted by Crippen LogP contribution is -2.48. The highest BCUT2D eigenvalue weighted by atomic mass is 16.5. The molecule has 2 saturated heterocycles. The number of aryl methyl sites for hydroxylation is 2. The lowest BCUT2D eigenvalue weighted by Gasteiger charge is -2.38. The van der Waals surface area contributed by atoms with Crippen LogP contribution < -0.4 is 0 Å². The van der Waals surface area contributed by atoms with Crippen molar-refractivity contribution in [1.29, 1.82) is 0 Å². The van der Waals surface area contributed by atoms with Crippen LogP contribution in [-0.4, -0.2) is 70.9 Å². The fourth-order valence-corrected chi connectivity index (χ4v) is 4.76. The maximum Gasteiger partial charge on any atom is 0.223 e. The van der Waals surface area contributed by atoms with Gasteiger partial charge in [-0.2, -0.15) is 0 Å². The number of rotatable bonds is 5. The third-order valence-electron chi connectivity index (χ3n) is 6.52. The molecule has 1 unspecified atom stereocenters. The van der Waals surface area contributed by atoms with Gasteiger partial charge < -0.3 is 14.3 Å². The summed E-state index contributed by atoms with van der Waals surface area (Å²) in [7, 11) is 3.48. The van der Waals surface area contributed by atoms with Crippen molar-refractivity contribution < 1.29 is 14.1 Å². The third-order valence-corrected chi connectivity index (χ3v) is 6.52. The molecular formula is C21H34N4O3. The average molecular weight is 391 g/mol. The van der Waals surface area contributed by atoms with E-state index in [0.29, 0.717) is 12.8 Å². The van der Waals surface area contributed by atoms with E-state index in [-0.39, 0.29) is 17.4 Å². The van der Waals surface area contributed by atoms with Crippen molar-refractivity contribution in [2.24, 2.45) is 0 Å². The molecule has 2 amide bonds. The van der Waals surface area contributed by atoms with Crippen molar-refractivity contribution >= 4 is 11.8 Å². The van der Waals surface area contributed by atoms with Crippen molar-refractivity contribution in [2.45, 2.75) is 70.9 Å². The number of hydrogen-bond donors (Lipinski definition) is 0. The topological polar surface area (TPSA) is 69.9 Å². The normalized spacial score (nSPS) is 23.2. The van der Waals surface area contributed by atoms with Gasteiger partial charge in [-0.25, -0.2) is 0 Å². The molecule has 1 aromatic rings. The highest BCUT2D eigenvalue weighted by Gasteiger charge is 2.43. The van der Waals surface area contributed by atoms with Gasteiger partial charge >= 0.3 is 0 Å². The smallest absolute Gasteiger partial charge is 0.223 e. The summed E-state index contributed by atoms with van der Waals surface area (Å²) in [5.74, 6) is 1.07. The maximum absolute atomic E-state index is 12.9. The fourth-order valence-electron chi connectivity index (χ4n) is 4.76. The monoisotopic (exact) mass is 390 g/mol. The van der Waals surface area contributed by atoms with Gasteiger partial charge in [-0.3, -0.25) is 14.5 Å². The van der Waals surface area contributed by atoms with E-state index in [9.17, 15) is 9.59 Å². The molecule has 0 aliphatic carbocycles. The molecule has 1 aromatic heterocycles. The first kappa shape index (κ1) is 20.8. The Hall–Kier alpha value is -1.89. The average Bonchev–Trinajstić information content (AvgIpc) is 3.13. The third kappa shape index (κ3) is 4.40. The SMILES string of the molecule is Cc1noc(C)c1CN1CCCC2(CCCN2C(=O)CCC(=O)N(C)C)CC1. The second kappa shape index (κ2) is 8.64. The lowest BCUT2D eigenvalue weighted by atomic mass is 9.87. The van der Waals surface area contributed by atoms with Crippen molar-refractivity contribution in [3.05, 3.63) is 17.0 Å². The Balaban J connectivity index is 1.62. The van der Waals surface area contributed by atoms with E-state index < -0.39 is 0 Å². The highest BCUT2D eigenvalue weighted by molar-refractivity contribution is 5.84. The van der Waals surface area contributed by atoms with Crippen LogP contribution in [-0.2, 0) is 16.1 Å². The van der Waals surface area contributed by atoms with Gasteiger partial charge in [0.05, 0.1) is 5.69 Å². The molecule has 0 bridgehead atoms. The zero-order valence-corrected chi connectivity index (χ0v) is 17.8. The van der Waals surface area contributed by atoms with Crippen molar-refractivity contribution in [3.8, 4) is 0 Å². The number of carbonyl (C=O) groups is 2. The highest BCUT2D eigenvalue weighted by Crippen LogP contribution is 2.39. The largest absolute Gasteiger partial charge is 0.361 e. The molecule has 0 radical (unpaired) electrons. The van der Waals surface area contributed by atoms with Crippen LogP contribution in [0.3, 0.4) is 0 Å². The molecule has 3 rings (SSSR count). The van der Waals surface area contributed by atoms with E-state index in [1.54, 1.807) is 19.0 Å². The first-order valence-corrected chi connectivity index (χ1v) is 10.5. The minimum absolute atomic E-state index is 0.0214. The molecule has 2 aliphatic rings. The Morgan fingerprint density at radius 2 is 1.79 bits per heavy atom. The molecule has 7 nitrogen and oxygen atoms in total. The molecule has 2 fully saturated rings. The number of carbonyl (C=O) groups excluding carboxylic acids is 2. The Kier molecular flexibility index (Phi) is 6.43. The quantitative estimate of drug-likeness (QED) is 0.773. The molecular weight excluding hydrogens is 356 g/mol. The first-order valence-electron chi connectivity index (χ1n) is 10.5. The van der Waals surface area contributed by atoms with Gasteiger partial charge in [-0.1, -0.05) is 5.16 Å². The van der Waals surface area contributed by atoms with Crippen LogP contribution in [0.2, 0.25) is 0 Å². The standard InChI is InChI=1S/C21H34N4O3/c1-16-18(17(2)28-22-16)15-24-12-5-9-21(11-14-24)10-6-13-25(21)20(27)8-7-19(26)23(3)4/h5-15H2,1-4H3. The molecule has 0 aromatic carbocycles. The Bertz CT molecular complexity index is 695. The van der Waals surface area contributed by atoms with Gasteiger partial charge in [0.1, 0.15) is 5.76 Å². The first-order chi connectivity index (χ1) is 13.3. The Morgan fingerprint density at radius 3 is 2.43 bits per heavy atom. The molecule has 156 valence electrons. The summed E-state index contributed by atoms with van der Waals surface area (Å²) in [5, 5.41) is 4.07. The minimum atomic E-state index is -0.0221. The lowest BCUT2D eigenvalue weighted by molar-refractivity contribution is -0.139. The number of aromatic nitrogens is 1. The van der Waals surface area contributed by atoms with Crippen molar-refractivity contribution in [2.75, 3.05) is 33.7 Å². The molecule has 0 N–H and O–H groups in total. The van der Waals surface area contributed by atoms with E-state index >= 15 is 0 Å². The zero-order valence-electron chi connectivity index (χ0n) is 17.8. The molecule has 3 heterocycles. The Labute approximate surface area is 168 Å². The van der Waals surface area contributed by atoms with Gasteiger partial charge in [-0.05, 0) is 52.5 Å². The van der Waals surface area contributed by atoms with Crippen LogP contribution in [0.15, 0.2) is 4.52 Å². The summed E-state index contributed by atoms with van der Waals surface area (Å²) < 4.78 is 5.31. The molecule has 1 atom stereocenters. The molecule has 7 heteroatoms. The second-order valence-electron chi connectivity index (χ2n) is 8.59. The molecule has 0 saturated carbocycles. The van der Waals surface area contributed by atoms with Crippen LogP contribution in [0.4, 0.5) is 0 Å². The predicted molar refractivity (Wildman–Crippen MR) is 107 cm³/mol. The summed E-state index contributed by atoms with van der Waals surface area (Å²) in [5.41, 5.74) is 2.14. The number of nitrogens with zero attached hydrogens (tertiary/aromatic N) is 4. The van der Waals surface area contributed by atoms with Gasteiger partial charge in [-0.15, -0.1) is 0 Å². The summed E-state index contributed by atoms with van der Waals surface area (Å²) >= 11 is 0. The second-order valence-corrected chi connectivity index (χ2v) is 8.59.